The lowest BCUT2D eigenvalue weighted by molar-refractivity contribution is -0.117. The molecule has 0 unspecified atom stereocenters. The molecule has 1 atom stereocenters. The lowest BCUT2D eigenvalue weighted by Crippen LogP contribution is -2.38. The molecule has 1 saturated carbocycles. The second-order valence-corrected chi connectivity index (χ2v) is 6.51. The first-order valence-corrected chi connectivity index (χ1v) is 8.28. The first kappa shape index (κ1) is 14.7. The van der Waals surface area contributed by atoms with Gasteiger partial charge in [0.2, 0.25) is 5.91 Å². The van der Waals surface area contributed by atoms with E-state index in [0.717, 1.165) is 54.9 Å². The van der Waals surface area contributed by atoms with Gasteiger partial charge in [-0.25, -0.2) is 4.98 Å². The first-order chi connectivity index (χ1) is 11.2. The van der Waals surface area contributed by atoms with E-state index in [-0.39, 0.29) is 18.6 Å². The van der Waals surface area contributed by atoms with Crippen molar-refractivity contribution >= 4 is 22.7 Å². The van der Waals surface area contributed by atoms with Crippen LogP contribution in [0.3, 0.4) is 0 Å². The number of oxazole rings is 1. The Balaban J connectivity index is 1.43. The summed E-state index contributed by atoms with van der Waals surface area (Å²) >= 11 is 0. The maximum Gasteiger partial charge on any atom is 0.238 e. The molecule has 2 heterocycles. The summed E-state index contributed by atoms with van der Waals surface area (Å²) in [6, 6.07) is 5.68. The van der Waals surface area contributed by atoms with Crippen molar-refractivity contribution < 1.29 is 14.3 Å². The number of carbonyl (C=O) groups excluding carboxylic acids is 1. The third kappa shape index (κ3) is 3.09. The van der Waals surface area contributed by atoms with Gasteiger partial charge in [-0.3, -0.25) is 9.69 Å². The van der Waals surface area contributed by atoms with Crippen LogP contribution in [-0.4, -0.2) is 46.6 Å². The van der Waals surface area contributed by atoms with E-state index < -0.39 is 0 Å². The molecular formula is C17H21N3O3. The van der Waals surface area contributed by atoms with Gasteiger partial charge in [-0.1, -0.05) is 0 Å². The van der Waals surface area contributed by atoms with Crippen molar-refractivity contribution in [2.45, 2.75) is 37.6 Å². The van der Waals surface area contributed by atoms with E-state index in [1.54, 1.807) is 0 Å². The summed E-state index contributed by atoms with van der Waals surface area (Å²) in [6.07, 6.45) is 4.29. The molecule has 2 fully saturated rings. The van der Waals surface area contributed by atoms with Gasteiger partial charge in [-0.05, 0) is 44.4 Å². The Morgan fingerprint density at radius 2 is 2.26 bits per heavy atom. The van der Waals surface area contributed by atoms with Gasteiger partial charge < -0.3 is 14.8 Å². The summed E-state index contributed by atoms with van der Waals surface area (Å²) in [5.41, 5.74) is 2.28. The highest BCUT2D eigenvalue weighted by molar-refractivity contribution is 5.94. The third-order valence-corrected chi connectivity index (χ3v) is 4.67. The molecule has 2 N–H and O–H groups in total. The van der Waals surface area contributed by atoms with Gasteiger partial charge >= 0.3 is 0 Å². The van der Waals surface area contributed by atoms with Crippen LogP contribution in [0.15, 0.2) is 22.6 Å². The van der Waals surface area contributed by atoms with Crippen LogP contribution in [0.25, 0.3) is 11.1 Å². The Kier molecular flexibility index (Phi) is 3.79. The topological polar surface area (TPSA) is 78.6 Å². The molecule has 6 heteroatoms. The smallest absolute Gasteiger partial charge is 0.238 e. The van der Waals surface area contributed by atoms with E-state index in [1.807, 2.05) is 23.1 Å². The van der Waals surface area contributed by atoms with Crippen LogP contribution in [0, 0.1) is 0 Å². The van der Waals surface area contributed by atoms with Crippen LogP contribution in [0.5, 0.6) is 0 Å². The van der Waals surface area contributed by atoms with E-state index in [0.29, 0.717) is 12.5 Å². The van der Waals surface area contributed by atoms with Gasteiger partial charge in [0, 0.05) is 23.7 Å². The number of likely N-dealkylation sites (tertiary alicyclic amines) is 1. The SMILES string of the molecule is O=C(CN1CCC[C@@H]1CO)Nc1ccc2nc(C3CC3)oc2c1. The van der Waals surface area contributed by atoms with Crippen LogP contribution in [-0.2, 0) is 4.79 Å². The fourth-order valence-electron chi connectivity index (χ4n) is 3.22. The van der Waals surface area contributed by atoms with Gasteiger partial charge in [0.15, 0.2) is 11.5 Å². The summed E-state index contributed by atoms with van der Waals surface area (Å²) in [5.74, 6) is 1.23. The number of benzene rings is 1. The molecule has 1 aromatic carbocycles. The number of nitrogens with zero attached hydrogens (tertiary/aromatic N) is 2. The molecule has 0 spiro atoms. The summed E-state index contributed by atoms with van der Waals surface area (Å²) in [6.45, 7) is 1.29. The van der Waals surface area contributed by atoms with Crippen LogP contribution in [0.4, 0.5) is 5.69 Å². The zero-order chi connectivity index (χ0) is 15.8. The molecule has 2 aromatic rings. The number of anilines is 1. The molecule has 122 valence electrons. The molecule has 0 radical (unpaired) electrons. The lowest BCUT2D eigenvalue weighted by Gasteiger charge is -2.21. The van der Waals surface area contributed by atoms with Crippen LogP contribution in [0.2, 0.25) is 0 Å². The Morgan fingerprint density at radius 3 is 3.04 bits per heavy atom. The predicted octanol–water partition coefficient (Wildman–Crippen LogP) is 2.10. The van der Waals surface area contributed by atoms with Gasteiger partial charge in [0.05, 0.1) is 13.2 Å². The molecule has 1 aromatic heterocycles. The summed E-state index contributed by atoms with van der Waals surface area (Å²) in [7, 11) is 0. The Bertz CT molecular complexity index is 723. The highest BCUT2D eigenvalue weighted by Crippen LogP contribution is 2.40. The number of aliphatic hydroxyl groups is 1. The van der Waals surface area contributed by atoms with Crippen molar-refractivity contribution in [3.63, 3.8) is 0 Å². The molecule has 1 amide bonds. The fourth-order valence-corrected chi connectivity index (χ4v) is 3.22. The molecule has 0 bridgehead atoms. The van der Waals surface area contributed by atoms with E-state index >= 15 is 0 Å². The molecule has 6 nitrogen and oxygen atoms in total. The third-order valence-electron chi connectivity index (χ3n) is 4.67. The minimum absolute atomic E-state index is 0.0633. The average molecular weight is 315 g/mol. The molecule has 1 saturated heterocycles. The summed E-state index contributed by atoms with van der Waals surface area (Å²) < 4.78 is 5.78. The average Bonchev–Trinajstić information content (AvgIpc) is 3.15. The van der Waals surface area contributed by atoms with Crippen LogP contribution < -0.4 is 5.32 Å². The lowest BCUT2D eigenvalue weighted by atomic mass is 10.2. The molecule has 2 aliphatic rings. The molecular weight excluding hydrogens is 294 g/mol. The van der Waals surface area contributed by atoms with Gasteiger partial charge in [-0.2, -0.15) is 0 Å². The van der Waals surface area contributed by atoms with Crippen LogP contribution >= 0.6 is 0 Å². The summed E-state index contributed by atoms with van der Waals surface area (Å²) in [4.78, 5) is 18.7. The second kappa shape index (κ2) is 5.94. The Hall–Kier alpha value is -1.92. The molecule has 23 heavy (non-hydrogen) atoms. The van der Waals surface area contributed by atoms with Gasteiger partial charge in [-0.15, -0.1) is 0 Å². The Labute approximate surface area is 134 Å². The molecule has 1 aliphatic carbocycles. The van der Waals surface area contributed by atoms with Crippen molar-refractivity contribution in [1.29, 1.82) is 0 Å². The van der Waals surface area contributed by atoms with Gasteiger partial charge in [0.25, 0.3) is 0 Å². The van der Waals surface area contributed by atoms with E-state index in [2.05, 4.69) is 10.3 Å². The highest BCUT2D eigenvalue weighted by Gasteiger charge is 2.29. The summed E-state index contributed by atoms with van der Waals surface area (Å²) in [5, 5.41) is 12.2. The van der Waals surface area contributed by atoms with Crippen molar-refractivity contribution in [2.75, 3.05) is 25.0 Å². The molecule has 4 rings (SSSR count). The zero-order valence-electron chi connectivity index (χ0n) is 13.0. The predicted molar refractivity (Wildman–Crippen MR) is 86.3 cm³/mol. The minimum Gasteiger partial charge on any atom is -0.440 e. The number of hydrogen-bond acceptors (Lipinski definition) is 5. The minimum atomic E-state index is -0.0633. The van der Waals surface area contributed by atoms with Crippen molar-refractivity contribution in [2.24, 2.45) is 0 Å². The van der Waals surface area contributed by atoms with E-state index in [1.165, 1.54) is 0 Å². The number of amides is 1. The maximum absolute atomic E-state index is 12.2. The quantitative estimate of drug-likeness (QED) is 0.883. The number of hydrogen-bond donors (Lipinski definition) is 2. The first-order valence-electron chi connectivity index (χ1n) is 8.28. The van der Waals surface area contributed by atoms with E-state index in [4.69, 9.17) is 4.42 Å². The number of fused-ring (bicyclic) bond motifs is 1. The zero-order valence-corrected chi connectivity index (χ0v) is 13.0. The van der Waals surface area contributed by atoms with Crippen molar-refractivity contribution in [1.82, 2.24) is 9.88 Å². The highest BCUT2D eigenvalue weighted by atomic mass is 16.3. The number of carbonyl (C=O) groups is 1. The van der Waals surface area contributed by atoms with Crippen molar-refractivity contribution in [3.05, 3.63) is 24.1 Å². The standard InChI is InChI=1S/C17H21N3O3/c21-10-13-2-1-7-20(13)9-16(22)18-12-5-6-14-15(8-12)23-17(19-14)11-3-4-11/h5-6,8,11,13,21H,1-4,7,9-10H2,(H,18,22)/t13-/m1/s1. The number of nitrogens with one attached hydrogen (secondary N) is 1. The number of aromatic nitrogens is 1. The second-order valence-electron chi connectivity index (χ2n) is 6.51. The monoisotopic (exact) mass is 315 g/mol. The van der Waals surface area contributed by atoms with Crippen molar-refractivity contribution in [3.8, 4) is 0 Å². The Morgan fingerprint density at radius 1 is 1.39 bits per heavy atom. The number of aliphatic hydroxyl groups excluding tert-OH is 1. The van der Waals surface area contributed by atoms with Gasteiger partial charge in [0.1, 0.15) is 5.52 Å². The fraction of sp³-hybridized carbons (Fsp3) is 0.529. The maximum atomic E-state index is 12.2. The number of rotatable bonds is 5. The molecule has 1 aliphatic heterocycles. The van der Waals surface area contributed by atoms with E-state index in [9.17, 15) is 9.90 Å². The van der Waals surface area contributed by atoms with Crippen LogP contribution in [0.1, 0.15) is 37.5 Å². The normalized spacial score (nSPS) is 21.9. The largest absolute Gasteiger partial charge is 0.440 e.